The maximum atomic E-state index is 13.5. The van der Waals surface area contributed by atoms with Gasteiger partial charge in [-0.05, 0) is 127 Å². The number of aryl methyl sites for hydroxylation is 1. The molecule has 0 spiro atoms. The molecule has 4 aliphatic heterocycles. The van der Waals surface area contributed by atoms with Crippen LogP contribution in [0.25, 0.3) is 5.57 Å². The summed E-state index contributed by atoms with van der Waals surface area (Å²) in [5.74, 6) is -0.0865. The van der Waals surface area contributed by atoms with Gasteiger partial charge in [-0.15, -0.1) is 17.8 Å². The van der Waals surface area contributed by atoms with Crippen LogP contribution in [0.1, 0.15) is 66.9 Å². The molecule has 0 saturated carbocycles. The van der Waals surface area contributed by atoms with Gasteiger partial charge in [-0.3, -0.25) is 34.3 Å². The van der Waals surface area contributed by atoms with E-state index in [0.717, 1.165) is 164 Å². The van der Waals surface area contributed by atoms with Gasteiger partial charge in [0.15, 0.2) is 6.68 Å². The van der Waals surface area contributed by atoms with Gasteiger partial charge in [0.2, 0.25) is 15.9 Å². The number of ether oxygens (including phenoxy) is 1. The van der Waals surface area contributed by atoms with Gasteiger partial charge in [-0.25, -0.2) is 13.2 Å². The molecule has 24 heteroatoms. The summed E-state index contributed by atoms with van der Waals surface area (Å²) >= 11 is 8.17. The van der Waals surface area contributed by atoms with Crippen molar-refractivity contribution in [1.29, 1.82) is 0 Å². The number of carbonyl (C=O) groups is 3. The fourth-order valence-corrected chi connectivity index (χ4v) is 13.9. The van der Waals surface area contributed by atoms with Crippen LogP contribution in [0.3, 0.4) is 0 Å². The van der Waals surface area contributed by atoms with Crippen LogP contribution in [0.4, 0.5) is 40.7 Å². The van der Waals surface area contributed by atoms with E-state index >= 15 is 0 Å². The van der Waals surface area contributed by atoms with Crippen molar-refractivity contribution in [2.75, 3.05) is 131 Å². The van der Waals surface area contributed by atoms with E-state index in [2.05, 4.69) is 95.3 Å². The normalized spacial score (nSPS) is 19.3. The van der Waals surface area contributed by atoms with Crippen LogP contribution in [0.2, 0.25) is 5.02 Å². The van der Waals surface area contributed by atoms with Crippen LogP contribution < -0.4 is 30.1 Å². The van der Waals surface area contributed by atoms with Crippen LogP contribution in [-0.2, 0) is 45.4 Å². The van der Waals surface area contributed by atoms with Crippen LogP contribution in [0.15, 0.2) is 131 Å². The van der Waals surface area contributed by atoms with E-state index in [9.17, 15) is 36.0 Å². The Balaban J connectivity index is 0.00000168. The van der Waals surface area contributed by atoms with Crippen molar-refractivity contribution >= 4 is 79.6 Å². The van der Waals surface area contributed by atoms with Gasteiger partial charge in [0.05, 0.1) is 12.3 Å². The van der Waals surface area contributed by atoms with Crippen molar-refractivity contribution in [2.24, 2.45) is 5.41 Å². The van der Waals surface area contributed by atoms with Gasteiger partial charge in [0.25, 0.3) is 5.91 Å². The molecule has 17 nitrogen and oxygen atoms in total. The second-order valence-electron chi connectivity index (χ2n) is 22.5. The number of nitrogens with zero attached hydrogens (tertiary/aromatic N) is 6. The summed E-state index contributed by atoms with van der Waals surface area (Å²) in [6, 6.07) is 39.7. The first-order valence-electron chi connectivity index (χ1n) is 28.9. The SMILES string of the molecule is Cc1ccc(N2CCN(C[C@]3(C)CCC(c4ccc(Cl)cc4)=C(CN4CCN(c5ccc(C(=O)NS(=O)(=O)c6c[c-]c(N[C@H](CCN7CCCOCC7)CSc7ccccc7)cc6)cc5)CC4)C3)CC2)cc1N1CCC(=O)NC1=O.F[C-](F)F.O.O.[Sc]. The van der Waals surface area contributed by atoms with E-state index in [1.165, 1.54) is 33.7 Å². The molecule has 0 bridgehead atoms. The van der Waals surface area contributed by atoms with Gasteiger partial charge < -0.3 is 48.9 Å². The van der Waals surface area contributed by atoms with Gasteiger partial charge >= 0.3 is 6.03 Å². The van der Waals surface area contributed by atoms with E-state index in [4.69, 9.17) is 16.3 Å². The molecule has 1 aliphatic carbocycles. The fraction of sp³-hybridized carbons (Fsp3) is 0.429. The van der Waals surface area contributed by atoms with Crippen molar-refractivity contribution in [3.8, 4) is 0 Å². The minimum absolute atomic E-state index is 0. The number of sulfonamides is 1. The molecule has 10 rings (SSSR count). The zero-order valence-electron chi connectivity index (χ0n) is 49.3. The maximum Gasteiger partial charge on any atom is 0.328 e. The Morgan fingerprint density at radius 2 is 1.47 bits per heavy atom. The van der Waals surface area contributed by atoms with E-state index < -0.39 is 22.6 Å². The summed E-state index contributed by atoms with van der Waals surface area (Å²) in [7, 11) is -4.16. The number of carbonyl (C=O) groups excluding carboxylic acids is 3. The third kappa shape index (κ3) is 20.3. The third-order valence-corrected chi connectivity index (χ3v) is 19.1. The number of imide groups is 1. The molecule has 4 fully saturated rings. The summed E-state index contributed by atoms with van der Waals surface area (Å²) in [4.78, 5) is 53.2. The Bertz CT molecular complexity index is 3160. The zero-order chi connectivity index (χ0) is 59.2. The molecular weight excluding hydrogens is 1210 g/mol. The van der Waals surface area contributed by atoms with Crippen LogP contribution in [0, 0.1) is 25.1 Å². The summed E-state index contributed by atoms with van der Waals surface area (Å²) in [5.41, 5.74) is 9.18. The Morgan fingerprint density at radius 3 is 2.14 bits per heavy atom. The van der Waals surface area contributed by atoms with Gasteiger partial charge in [-0.2, -0.15) is 18.2 Å². The molecule has 5 aliphatic rings. The molecule has 4 saturated heterocycles. The topological polar surface area (TPSA) is 213 Å². The number of hydrogen-bond acceptors (Lipinski definition) is 13. The molecule has 87 heavy (non-hydrogen) atoms. The number of piperazine rings is 2. The average Bonchev–Trinajstić information content (AvgIpc) is 1.77. The van der Waals surface area contributed by atoms with Gasteiger partial charge in [-0.1, -0.05) is 66.2 Å². The van der Waals surface area contributed by atoms with Crippen LogP contribution >= 0.6 is 23.4 Å². The molecule has 1 radical (unpaired) electrons. The van der Waals surface area contributed by atoms with Crippen molar-refractivity contribution in [3.63, 3.8) is 0 Å². The molecule has 2 atom stereocenters. The number of anilines is 4. The molecule has 469 valence electrons. The number of rotatable bonds is 19. The van der Waals surface area contributed by atoms with Crippen LogP contribution in [-0.4, -0.2) is 169 Å². The number of halogens is 4. The van der Waals surface area contributed by atoms with Crippen molar-refractivity contribution < 1.29 is 77.5 Å². The van der Waals surface area contributed by atoms with E-state index in [0.29, 0.717) is 18.7 Å². The predicted octanol–water partition coefficient (Wildman–Crippen LogP) is 8.98. The fourth-order valence-electron chi connectivity index (χ4n) is 11.8. The van der Waals surface area contributed by atoms with Gasteiger partial charge in [0, 0.05) is 169 Å². The molecule has 0 aromatic heterocycles. The number of thioether (sulfide) groups is 1. The molecule has 4 amide bonds. The zero-order valence-corrected chi connectivity index (χ0v) is 53.5. The van der Waals surface area contributed by atoms with E-state index in [-0.39, 0.29) is 70.6 Å². The Morgan fingerprint density at radius 1 is 0.805 bits per heavy atom. The van der Waals surface area contributed by atoms with Gasteiger partial charge in [0.1, 0.15) is 0 Å². The molecule has 4 heterocycles. The summed E-state index contributed by atoms with van der Waals surface area (Å²) in [6.07, 6.45) is 5.34. The summed E-state index contributed by atoms with van der Waals surface area (Å²) in [6.45, 7) is 15.2. The number of urea groups is 1. The number of amides is 4. The first kappa shape index (κ1) is 70.7. The van der Waals surface area contributed by atoms with E-state index in [1.54, 1.807) is 34.9 Å². The van der Waals surface area contributed by atoms with Crippen molar-refractivity contribution in [1.82, 2.24) is 24.7 Å². The third-order valence-electron chi connectivity index (χ3n) is 16.4. The number of hydrogen-bond donors (Lipinski definition) is 3. The average molecular weight is 1290 g/mol. The quantitative estimate of drug-likeness (QED) is 0.0521. The predicted molar refractivity (Wildman–Crippen MR) is 336 cm³/mol. The molecule has 7 N–H and O–H groups in total. The Labute approximate surface area is 537 Å². The maximum absolute atomic E-state index is 13.5. The minimum Gasteiger partial charge on any atom is -0.412 e. The molecular formula is C63H79ClF3N9O8S2Sc-2. The second-order valence-corrected chi connectivity index (χ2v) is 25.7. The van der Waals surface area contributed by atoms with Crippen molar-refractivity contribution in [3.05, 3.63) is 155 Å². The Kier molecular flexibility index (Phi) is 27.2. The number of benzene rings is 5. The van der Waals surface area contributed by atoms with E-state index in [1.807, 2.05) is 49.4 Å². The summed E-state index contributed by atoms with van der Waals surface area (Å²) in [5, 5.41) is 6.80. The molecule has 5 aromatic carbocycles. The first-order valence-corrected chi connectivity index (χ1v) is 31.7. The Hall–Kier alpha value is -5.34. The monoisotopic (exact) mass is 1290 g/mol. The number of allylic oxidation sites excluding steroid dienone is 1. The standard InChI is InChI=1S/C62H75ClN9O6S2.CF3.2H2O.Sc/c1-46-9-18-54(41-58(46)72-29-25-59(73)65-61(72)75)71-36-32-69(33-37-71)45-62(2)26-23-57(47-10-14-50(63)15-11-47)49(42-62)43-68-30-34-70(35-31-68)53-19-12-48(13-20-53)60(74)66-80(76,77)56-21-16-51(17-22-56)64-52(44-79-55-7-4-3-5-8-55)24-28-67-27-6-39-78-40-38-67;2-1(3)4;;;/h3-5,7-16,18-22,41,52,64H,6,23-40,42-45H2,1-2H3,(H,66,74)(H,65,73,75);;2*1H2;/q2*-1;;;/t52-,62-;;;;/m1..../s1. The van der Waals surface area contributed by atoms with Crippen molar-refractivity contribution in [2.45, 2.75) is 68.2 Å². The second kappa shape index (κ2) is 33.5. The number of nitrogens with one attached hydrogen (secondary N) is 3. The largest absolute Gasteiger partial charge is 0.412 e. The molecule has 5 aromatic rings. The molecule has 0 unspecified atom stereocenters. The minimum atomic E-state index is -4.16. The van der Waals surface area contributed by atoms with Crippen LogP contribution in [0.5, 0.6) is 0 Å². The smallest absolute Gasteiger partial charge is 0.328 e. The first-order chi connectivity index (χ1) is 40.5. The summed E-state index contributed by atoms with van der Waals surface area (Å²) < 4.78 is 63.8.